The number of rotatable bonds is 2. The Morgan fingerprint density at radius 1 is 1.47 bits per heavy atom. The van der Waals surface area contributed by atoms with Crippen molar-refractivity contribution < 1.29 is 8.42 Å². The molecule has 2 aromatic rings. The highest BCUT2D eigenvalue weighted by Gasteiger charge is 2.31. The Bertz CT molecular complexity index is 736. The summed E-state index contributed by atoms with van der Waals surface area (Å²) in [5.41, 5.74) is 2.99. The van der Waals surface area contributed by atoms with E-state index in [0.717, 1.165) is 22.4 Å². The molecule has 3 rings (SSSR count). The van der Waals surface area contributed by atoms with Crippen molar-refractivity contribution in [1.82, 2.24) is 9.55 Å². The maximum atomic E-state index is 11.7. The molecule has 1 atom stereocenters. The number of aryl methyl sites for hydroxylation is 1. The van der Waals surface area contributed by atoms with Gasteiger partial charge in [0.05, 0.1) is 34.5 Å². The van der Waals surface area contributed by atoms with Gasteiger partial charge in [0.25, 0.3) is 0 Å². The zero-order valence-corrected chi connectivity index (χ0v) is 12.2. The van der Waals surface area contributed by atoms with Crippen LogP contribution in [0.5, 0.6) is 0 Å². The SMILES string of the molecule is Cc1cccc2c1nc(CCl)n2C1CCS(=O)(=O)C1. The second kappa shape index (κ2) is 4.49. The van der Waals surface area contributed by atoms with E-state index in [9.17, 15) is 8.42 Å². The molecule has 1 saturated heterocycles. The molecule has 1 aliphatic heterocycles. The Labute approximate surface area is 117 Å². The van der Waals surface area contributed by atoms with Crippen LogP contribution in [0.1, 0.15) is 23.9 Å². The molecule has 0 N–H and O–H groups in total. The normalized spacial score (nSPS) is 22.1. The molecule has 1 fully saturated rings. The van der Waals surface area contributed by atoms with Gasteiger partial charge in [0.2, 0.25) is 0 Å². The predicted octanol–water partition coefficient (Wildman–Crippen LogP) is 2.44. The minimum absolute atomic E-state index is 0.0365. The van der Waals surface area contributed by atoms with E-state index in [1.54, 1.807) is 0 Å². The maximum Gasteiger partial charge on any atom is 0.152 e. The van der Waals surface area contributed by atoms with Crippen molar-refractivity contribution in [2.24, 2.45) is 0 Å². The molecule has 0 aliphatic carbocycles. The molecule has 19 heavy (non-hydrogen) atoms. The first-order valence-corrected chi connectivity index (χ1v) is 8.60. The van der Waals surface area contributed by atoms with Gasteiger partial charge in [-0.1, -0.05) is 12.1 Å². The van der Waals surface area contributed by atoms with Gasteiger partial charge in [0, 0.05) is 0 Å². The van der Waals surface area contributed by atoms with Gasteiger partial charge in [0.1, 0.15) is 5.82 Å². The van der Waals surface area contributed by atoms with Crippen LogP contribution in [0, 0.1) is 6.92 Å². The highest BCUT2D eigenvalue weighted by Crippen LogP contribution is 2.30. The molecule has 1 aliphatic rings. The lowest BCUT2D eigenvalue weighted by Gasteiger charge is -2.14. The first kappa shape index (κ1) is 12.9. The summed E-state index contributed by atoms with van der Waals surface area (Å²) in [4.78, 5) is 4.56. The molecule has 6 heteroatoms. The van der Waals surface area contributed by atoms with Crippen LogP contribution in [0.15, 0.2) is 18.2 Å². The molecule has 1 unspecified atom stereocenters. The standard InChI is InChI=1S/C13H15ClN2O2S/c1-9-3-2-4-11-13(9)15-12(7-14)16(11)10-5-6-19(17,18)8-10/h2-4,10H,5-8H2,1H3. The third-order valence-corrected chi connectivity index (χ3v) is 5.68. The maximum absolute atomic E-state index is 11.7. The molecular formula is C13H15ClN2O2S. The summed E-state index contributed by atoms with van der Waals surface area (Å²) in [5.74, 6) is 1.50. The Balaban J connectivity index is 2.20. The molecule has 0 spiro atoms. The number of aromatic nitrogens is 2. The molecule has 1 aromatic heterocycles. The molecule has 0 radical (unpaired) electrons. The summed E-state index contributed by atoms with van der Waals surface area (Å²) in [6.07, 6.45) is 0.644. The number of benzene rings is 1. The fourth-order valence-electron chi connectivity index (χ4n) is 2.79. The van der Waals surface area contributed by atoms with Crippen LogP contribution in [0.4, 0.5) is 0 Å². The molecule has 2 heterocycles. The number of imidazole rings is 1. The largest absolute Gasteiger partial charge is 0.323 e. The van der Waals surface area contributed by atoms with Gasteiger partial charge in [-0.25, -0.2) is 13.4 Å². The molecule has 0 saturated carbocycles. The fourth-order valence-corrected chi connectivity index (χ4v) is 4.67. The van der Waals surface area contributed by atoms with Crippen LogP contribution in [0.25, 0.3) is 11.0 Å². The molecule has 0 bridgehead atoms. The van der Waals surface area contributed by atoms with Crippen LogP contribution in [0.3, 0.4) is 0 Å². The lowest BCUT2D eigenvalue weighted by molar-refractivity contribution is 0.554. The van der Waals surface area contributed by atoms with E-state index in [1.165, 1.54) is 0 Å². The summed E-state index contributed by atoms with van der Waals surface area (Å²) in [5, 5.41) is 0. The van der Waals surface area contributed by atoms with Gasteiger partial charge in [-0.3, -0.25) is 0 Å². The minimum Gasteiger partial charge on any atom is -0.323 e. The quantitative estimate of drug-likeness (QED) is 0.800. The molecule has 4 nitrogen and oxygen atoms in total. The first-order valence-electron chi connectivity index (χ1n) is 6.24. The van der Waals surface area contributed by atoms with E-state index in [2.05, 4.69) is 4.98 Å². The van der Waals surface area contributed by atoms with Gasteiger partial charge >= 0.3 is 0 Å². The first-order chi connectivity index (χ1) is 9.02. The van der Waals surface area contributed by atoms with Crippen LogP contribution < -0.4 is 0 Å². The summed E-state index contributed by atoms with van der Waals surface area (Å²) in [6.45, 7) is 2.00. The Morgan fingerprint density at radius 2 is 2.26 bits per heavy atom. The number of para-hydroxylation sites is 1. The van der Waals surface area contributed by atoms with Gasteiger partial charge in [-0.2, -0.15) is 0 Å². The highest BCUT2D eigenvalue weighted by atomic mass is 35.5. The van der Waals surface area contributed by atoms with E-state index in [0.29, 0.717) is 12.3 Å². The number of hydrogen-bond donors (Lipinski definition) is 0. The molecule has 0 amide bonds. The monoisotopic (exact) mass is 298 g/mol. The third-order valence-electron chi connectivity index (χ3n) is 3.69. The average molecular weight is 299 g/mol. The van der Waals surface area contributed by atoms with Crippen molar-refractivity contribution in [3.63, 3.8) is 0 Å². The topological polar surface area (TPSA) is 52.0 Å². The lowest BCUT2D eigenvalue weighted by atomic mass is 10.2. The van der Waals surface area contributed by atoms with Gasteiger partial charge in [0.15, 0.2) is 9.84 Å². The molecule has 102 valence electrons. The van der Waals surface area contributed by atoms with E-state index in [-0.39, 0.29) is 17.5 Å². The molecule has 1 aromatic carbocycles. The van der Waals surface area contributed by atoms with Crippen molar-refractivity contribution in [2.45, 2.75) is 25.3 Å². The van der Waals surface area contributed by atoms with Gasteiger partial charge in [-0.15, -0.1) is 11.6 Å². The third kappa shape index (κ3) is 2.15. The van der Waals surface area contributed by atoms with Gasteiger partial charge < -0.3 is 4.57 Å². The second-order valence-corrected chi connectivity index (χ2v) is 7.53. The number of sulfone groups is 1. The zero-order chi connectivity index (χ0) is 13.6. The molecular weight excluding hydrogens is 284 g/mol. The number of fused-ring (bicyclic) bond motifs is 1. The van der Waals surface area contributed by atoms with Crippen LogP contribution >= 0.6 is 11.6 Å². The summed E-state index contributed by atoms with van der Waals surface area (Å²) in [6, 6.07) is 5.92. The van der Waals surface area contributed by atoms with Crippen molar-refractivity contribution >= 4 is 32.5 Å². The lowest BCUT2D eigenvalue weighted by Crippen LogP contribution is -2.13. The number of alkyl halides is 1. The fraction of sp³-hybridized carbons (Fsp3) is 0.462. The highest BCUT2D eigenvalue weighted by molar-refractivity contribution is 7.91. The van der Waals surface area contributed by atoms with E-state index in [4.69, 9.17) is 11.6 Å². The van der Waals surface area contributed by atoms with Crippen LogP contribution in [-0.4, -0.2) is 29.5 Å². The Kier molecular flexibility index (Phi) is 3.06. The second-order valence-electron chi connectivity index (χ2n) is 5.03. The van der Waals surface area contributed by atoms with Crippen molar-refractivity contribution in [2.75, 3.05) is 11.5 Å². The number of nitrogens with zero attached hydrogens (tertiary/aromatic N) is 2. The van der Waals surface area contributed by atoms with E-state index < -0.39 is 9.84 Å². The van der Waals surface area contributed by atoms with Crippen molar-refractivity contribution in [3.8, 4) is 0 Å². The van der Waals surface area contributed by atoms with E-state index >= 15 is 0 Å². The van der Waals surface area contributed by atoms with Crippen LogP contribution in [0.2, 0.25) is 0 Å². The van der Waals surface area contributed by atoms with Gasteiger partial charge in [-0.05, 0) is 25.0 Å². The Morgan fingerprint density at radius 3 is 2.89 bits per heavy atom. The summed E-state index contributed by atoms with van der Waals surface area (Å²) in [7, 11) is -2.92. The summed E-state index contributed by atoms with van der Waals surface area (Å²) < 4.78 is 25.4. The zero-order valence-electron chi connectivity index (χ0n) is 10.6. The average Bonchev–Trinajstić information content (AvgIpc) is 2.90. The Hall–Kier alpha value is -1.07. The van der Waals surface area contributed by atoms with Crippen molar-refractivity contribution in [1.29, 1.82) is 0 Å². The number of hydrogen-bond acceptors (Lipinski definition) is 3. The van der Waals surface area contributed by atoms with E-state index in [1.807, 2.05) is 29.7 Å². The minimum atomic E-state index is -2.92. The smallest absolute Gasteiger partial charge is 0.152 e. The summed E-state index contributed by atoms with van der Waals surface area (Å²) >= 11 is 5.97. The predicted molar refractivity (Wildman–Crippen MR) is 76.3 cm³/mol. The number of halogens is 1. The van der Waals surface area contributed by atoms with Crippen molar-refractivity contribution in [3.05, 3.63) is 29.6 Å². The van der Waals surface area contributed by atoms with Crippen LogP contribution in [-0.2, 0) is 15.7 Å².